The predicted octanol–water partition coefficient (Wildman–Crippen LogP) is 4.08. The van der Waals surface area contributed by atoms with Crippen LogP contribution in [0.4, 0.5) is 0 Å². The van der Waals surface area contributed by atoms with E-state index < -0.39 is 0 Å². The normalized spacial score (nSPS) is 34.9. The molecule has 5 atom stereocenters. The maximum atomic E-state index is 12.4. The Bertz CT molecular complexity index is 892. The summed E-state index contributed by atoms with van der Waals surface area (Å²) >= 11 is 0. The second-order valence-corrected chi connectivity index (χ2v) is 9.70. The van der Waals surface area contributed by atoms with Crippen molar-refractivity contribution in [2.75, 3.05) is 13.7 Å². The van der Waals surface area contributed by atoms with Crippen LogP contribution in [0.1, 0.15) is 63.0 Å². The number of carbonyl (C=O) groups excluding carboxylic acids is 2. The molecule has 0 radical (unpaired) electrons. The summed E-state index contributed by atoms with van der Waals surface area (Å²) < 4.78 is 5.45. The van der Waals surface area contributed by atoms with Gasteiger partial charge in [0.2, 0.25) is 0 Å². The topological polar surface area (TPSA) is 49.9 Å². The minimum absolute atomic E-state index is 0.143. The van der Waals surface area contributed by atoms with E-state index in [4.69, 9.17) is 4.74 Å². The number of carbonyl (C=O) groups is 2. The van der Waals surface area contributed by atoms with E-state index in [0.29, 0.717) is 24.3 Å². The van der Waals surface area contributed by atoms with Crippen LogP contribution in [0.3, 0.4) is 0 Å². The number of imide groups is 1. The van der Waals surface area contributed by atoms with E-state index in [2.05, 4.69) is 37.1 Å². The number of amides is 2. The van der Waals surface area contributed by atoms with Crippen molar-refractivity contribution < 1.29 is 14.3 Å². The molecule has 2 amide bonds. The molecule has 3 aliphatic carbocycles. The number of rotatable bonds is 4. The summed E-state index contributed by atoms with van der Waals surface area (Å²) in [6.07, 6.45) is 9.74. The lowest BCUT2D eigenvalue weighted by Gasteiger charge is -2.53. The highest BCUT2D eigenvalue weighted by molar-refractivity contribution is 6.12. The molecule has 0 aromatic heterocycles. The first-order chi connectivity index (χ1) is 14.5. The zero-order valence-electron chi connectivity index (χ0n) is 18.3. The minimum Gasteiger partial charge on any atom is -0.497 e. The molecule has 0 saturated heterocycles. The SMILES string of the molecule is CCN([C@H]1CC[C@H]2[C@@H]3CCc4cc(OC)ccc4[C@H]3CC[C@]12C)N1C(=O)C=CC1=O. The number of hydrogen-bond donors (Lipinski definition) is 0. The molecule has 5 rings (SSSR count). The minimum atomic E-state index is -0.192. The average molecular weight is 409 g/mol. The predicted molar refractivity (Wildman–Crippen MR) is 115 cm³/mol. The molecule has 1 aromatic rings. The van der Waals surface area contributed by atoms with Crippen LogP contribution in [-0.4, -0.2) is 41.5 Å². The molecule has 0 spiro atoms. The number of methoxy groups -OCH3 is 1. The summed E-state index contributed by atoms with van der Waals surface area (Å²) in [6, 6.07) is 6.89. The first-order valence-electron chi connectivity index (χ1n) is 11.5. The van der Waals surface area contributed by atoms with Gasteiger partial charge >= 0.3 is 0 Å². The zero-order valence-corrected chi connectivity index (χ0v) is 18.3. The van der Waals surface area contributed by atoms with Gasteiger partial charge in [0, 0.05) is 24.7 Å². The number of benzene rings is 1. The fourth-order valence-corrected chi connectivity index (χ4v) is 7.29. The second-order valence-electron chi connectivity index (χ2n) is 9.70. The van der Waals surface area contributed by atoms with Gasteiger partial charge in [-0.3, -0.25) is 9.59 Å². The van der Waals surface area contributed by atoms with Crippen molar-refractivity contribution in [1.82, 2.24) is 10.0 Å². The third kappa shape index (κ3) is 2.78. The molecule has 1 aromatic carbocycles. The number of ether oxygens (including phenoxy) is 1. The summed E-state index contributed by atoms with van der Waals surface area (Å²) in [6.45, 7) is 5.17. The van der Waals surface area contributed by atoms with Gasteiger partial charge in [0.15, 0.2) is 0 Å². The van der Waals surface area contributed by atoms with E-state index in [0.717, 1.165) is 25.0 Å². The number of fused-ring (bicyclic) bond motifs is 5. The molecule has 0 bridgehead atoms. The molecule has 2 saturated carbocycles. The lowest BCUT2D eigenvalue weighted by molar-refractivity contribution is -0.165. The molecule has 5 heteroatoms. The summed E-state index contributed by atoms with van der Waals surface area (Å²) in [5.41, 5.74) is 3.13. The lowest BCUT2D eigenvalue weighted by atomic mass is 9.55. The highest BCUT2D eigenvalue weighted by Gasteiger charge is 2.57. The van der Waals surface area contributed by atoms with Crippen molar-refractivity contribution in [2.45, 2.75) is 64.3 Å². The van der Waals surface area contributed by atoms with E-state index in [1.54, 1.807) is 7.11 Å². The Kier molecular flexibility index (Phi) is 4.77. The molecule has 1 aliphatic heterocycles. The van der Waals surface area contributed by atoms with Crippen molar-refractivity contribution in [3.05, 3.63) is 41.5 Å². The highest BCUT2D eigenvalue weighted by Crippen LogP contribution is 2.62. The summed E-state index contributed by atoms with van der Waals surface area (Å²) in [5, 5.41) is 3.47. The molecule has 1 heterocycles. The van der Waals surface area contributed by atoms with Gasteiger partial charge in [-0.25, -0.2) is 10.0 Å². The van der Waals surface area contributed by atoms with Crippen molar-refractivity contribution >= 4 is 11.8 Å². The number of hydrogen-bond acceptors (Lipinski definition) is 4. The highest BCUT2D eigenvalue weighted by atomic mass is 16.5. The van der Waals surface area contributed by atoms with Crippen LogP contribution in [0.25, 0.3) is 0 Å². The van der Waals surface area contributed by atoms with E-state index in [1.807, 2.05) is 0 Å². The average Bonchev–Trinajstić information content (AvgIpc) is 3.28. The Hall–Kier alpha value is -2.14. The molecular formula is C25H32N2O3. The van der Waals surface area contributed by atoms with E-state index >= 15 is 0 Å². The first kappa shape index (κ1) is 19.8. The number of aryl methyl sites for hydroxylation is 1. The van der Waals surface area contributed by atoms with Gasteiger partial charge in [0.1, 0.15) is 5.75 Å². The van der Waals surface area contributed by atoms with Crippen molar-refractivity contribution in [1.29, 1.82) is 0 Å². The van der Waals surface area contributed by atoms with Crippen LogP contribution in [0.2, 0.25) is 0 Å². The quantitative estimate of drug-likeness (QED) is 0.705. The molecule has 4 aliphatic rings. The Morgan fingerprint density at radius 2 is 1.90 bits per heavy atom. The van der Waals surface area contributed by atoms with E-state index in [1.165, 1.54) is 47.6 Å². The largest absolute Gasteiger partial charge is 0.497 e. The summed E-state index contributed by atoms with van der Waals surface area (Å²) in [4.78, 5) is 24.8. The lowest BCUT2D eigenvalue weighted by Crippen LogP contribution is -2.57. The zero-order chi connectivity index (χ0) is 21.0. The molecule has 0 N–H and O–H groups in total. The number of nitrogens with zero attached hydrogens (tertiary/aromatic N) is 2. The van der Waals surface area contributed by atoms with Gasteiger partial charge in [0.05, 0.1) is 7.11 Å². The molecule has 30 heavy (non-hydrogen) atoms. The molecule has 0 unspecified atom stereocenters. The Labute approximate surface area is 179 Å². The maximum absolute atomic E-state index is 12.4. The fraction of sp³-hybridized carbons (Fsp3) is 0.600. The smallest absolute Gasteiger partial charge is 0.268 e. The van der Waals surface area contributed by atoms with Gasteiger partial charge in [0.25, 0.3) is 11.8 Å². The van der Waals surface area contributed by atoms with Gasteiger partial charge in [-0.2, -0.15) is 0 Å². The van der Waals surface area contributed by atoms with Crippen LogP contribution in [0.5, 0.6) is 5.75 Å². The van der Waals surface area contributed by atoms with Crippen LogP contribution >= 0.6 is 0 Å². The monoisotopic (exact) mass is 408 g/mol. The molecule has 160 valence electrons. The van der Waals surface area contributed by atoms with Crippen LogP contribution < -0.4 is 4.74 Å². The molecular weight excluding hydrogens is 376 g/mol. The molecule has 2 fully saturated rings. The second kappa shape index (κ2) is 7.23. The van der Waals surface area contributed by atoms with E-state index in [9.17, 15) is 9.59 Å². The molecule has 5 nitrogen and oxygen atoms in total. The Morgan fingerprint density at radius 3 is 2.60 bits per heavy atom. The fourth-order valence-electron chi connectivity index (χ4n) is 7.29. The third-order valence-electron chi connectivity index (χ3n) is 8.61. The van der Waals surface area contributed by atoms with Crippen molar-refractivity contribution in [3.8, 4) is 5.75 Å². The van der Waals surface area contributed by atoms with Gasteiger partial charge in [-0.15, -0.1) is 0 Å². The van der Waals surface area contributed by atoms with Crippen LogP contribution in [0.15, 0.2) is 30.4 Å². The third-order valence-corrected chi connectivity index (χ3v) is 8.61. The van der Waals surface area contributed by atoms with Crippen LogP contribution in [0, 0.1) is 17.3 Å². The summed E-state index contributed by atoms with van der Waals surface area (Å²) in [7, 11) is 1.74. The van der Waals surface area contributed by atoms with E-state index in [-0.39, 0.29) is 23.3 Å². The van der Waals surface area contributed by atoms with Crippen molar-refractivity contribution in [2.24, 2.45) is 17.3 Å². The van der Waals surface area contributed by atoms with Crippen molar-refractivity contribution in [3.63, 3.8) is 0 Å². The van der Waals surface area contributed by atoms with Gasteiger partial charge < -0.3 is 4.74 Å². The first-order valence-corrected chi connectivity index (χ1v) is 11.5. The summed E-state index contributed by atoms with van der Waals surface area (Å²) in [5.74, 6) is 2.54. The number of hydrazine groups is 1. The van der Waals surface area contributed by atoms with Crippen LogP contribution in [-0.2, 0) is 16.0 Å². The standard InChI is InChI=1S/C25H32N2O3/c1-4-26(27-23(28)11-12-24(27)29)22-10-9-21-20-7-5-16-15-17(30-3)6-8-18(16)19(20)13-14-25(21,22)2/h6,8,11-12,15,19-22H,4-5,7,9-10,13-14H2,1-3H3/t19-,20-,21+,22+,25+/m1/s1. The Balaban J connectivity index is 1.42. The van der Waals surface area contributed by atoms with Gasteiger partial charge in [-0.05, 0) is 85.0 Å². The Morgan fingerprint density at radius 1 is 1.13 bits per heavy atom. The maximum Gasteiger partial charge on any atom is 0.268 e. The van der Waals surface area contributed by atoms with Gasteiger partial charge in [-0.1, -0.05) is 19.9 Å².